The molecule has 1 heterocycles. The average molecular weight is 584 g/mol. The van der Waals surface area contributed by atoms with Crippen molar-refractivity contribution in [1.82, 2.24) is 15.1 Å². The van der Waals surface area contributed by atoms with E-state index < -0.39 is 30.0 Å². The highest BCUT2D eigenvalue weighted by molar-refractivity contribution is 9.10. The Bertz CT molecular complexity index is 1330. The number of hydrogen-bond donors (Lipinski definition) is 2. The van der Waals surface area contributed by atoms with Crippen LogP contribution >= 0.6 is 15.9 Å². The number of halogens is 2. The van der Waals surface area contributed by atoms with E-state index >= 15 is 0 Å². The maximum Gasteiger partial charge on any atom is 0.328 e. The third-order valence-corrected chi connectivity index (χ3v) is 8.21. The topological polar surface area (TPSA) is 107 Å². The molecule has 3 aliphatic rings. The number of fused-ring (bicyclic) bond motifs is 2. The maximum absolute atomic E-state index is 13.7. The number of amides is 4. The van der Waals surface area contributed by atoms with Crippen LogP contribution in [0.1, 0.15) is 48.8 Å². The Hall–Kier alpha value is -3.53. The molecule has 38 heavy (non-hydrogen) atoms. The van der Waals surface area contributed by atoms with Gasteiger partial charge in [-0.3, -0.25) is 14.5 Å². The Morgan fingerprint density at radius 1 is 1.13 bits per heavy atom. The van der Waals surface area contributed by atoms with Crippen LogP contribution in [0.15, 0.2) is 58.6 Å². The van der Waals surface area contributed by atoms with Crippen LogP contribution in [0.3, 0.4) is 0 Å². The molecule has 2 aliphatic carbocycles. The first kappa shape index (κ1) is 26.1. The van der Waals surface area contributed by atoms with Crippen LogP contribution < -0.4 is 5.32 Å². The summed E-state index contributed by atoms with van der Waals surface area (Å²) >= 11 is 3.45. The van der Waals surface area contributed by atoms with E-state index in [9.17, 15) is 23.6 Å². The molecular formula is C28H27BrFN3O5. The van der Waals surface area contributed by atoms with Crippen molar-refractivity contribution in [1.29, 1.82) is 0 Å². The zero-order valence-corrected chi connectivity index (χ0v) is 22.2. The van der Waals surface area contributed by atoms with E-state index in [1.54, 1.807) is 17.0 Å². The Labute approximate surface area is 227 Å². The van der Waals surface area contributed by atoms with Gasteiger partial charge in [-0.15, -0.1) is 0 Å². The average Bonchev–Trinajstić information content (AvgIpc) is 3.35. The van der Waals surface area contributed by atoms with E-state index in [4.69, 9.17) is 5.11 Å². The molecular weight excluding hydrogens is 557 g/mol. The molecule has 2 aromatic carbocycles. The van der Waals surface area contributed by atoms with Crippen molar-refractivity contribution < 1.29 is 28.7 Å². The number of allylic oxidation sites excluding steroid dienone is 1. The summed E-state index contributed by atoms with van der Waals surface area (Å²) in [6, 6.07) is 10.6. The zero-order chi connectivity index (χ0) is 27.0. The van der Waals surface area contributed by atoms with E-state index in [1.165, 1.54) is 18.2 Å². The molecule has 8 nitrogen and oxygen atoms in total. The fourth-order valence-electron chi connectivity index (χ4n) is 5.80. The van der Waals surface area contributed by atoms with Crippen molar-refractivity contribution in [2.24, 2.45) is 0 Å². The molecule has 2 N–H and O–H groups in total. The number of benzene rings is 2. The smallest absolute Gasteiger partial charge is 0.328 e. The van der Waals surface area contributed by atoms with Crippen molar-refractivity contribution in [2.45, 2.75) is 56.7 Å². The van der Waals surface area contributed by atoms with Crippen LogP contribution in [0.2, 0.25) is 0 Å². The second kappa shape index (κ2) is 10.3. The number of carbonyl (C=O) groups is 4. The molecule has 5 rings (SSSR count). The standard InChI is InChI=1S/C28H27BrFN3O5/c29-20-5-10-23-19(14-20)11-12-28(23)26(37)33(27(38)31-28)16-24(34)32(15-18-1-6-21(30)7-2-18)22-8-3-17(4-9-22)13-25(35)36/h1-2,5-7,10,13-14,22H,3-4,8-9,11-12,15-16H2,(H,31,38)(H,35,36). The minimum atomic E-state index is -1.17. The summed E-state index contributed by atoms with van der Waals surface area (Å²) in [6.45, 7) is -0.221. The van der Waals surface area contributed by atoms with Gasteiger partial charge in [0.2, 0.25) is 5.91 Å². The number of urea groups is 1. The van der Waals surface area contributed by atoms with E-state index in [-0.39, 0.29) is 24.3 Å². The largest absolute Gasteiger partial charge is 0.478 e. The number of aryl methyl sites for hydroxylation is 1. The fraction of sp³-hybridized carbons (Fsp3) is 0.357. The predicted molar refractivity (Wildman–Crippen MR) is 139 cm³/mol. The van der Waals surface area contributed by atoms with E-state index in [0.717, 1.165) is 31.6 Å². The van der Waals surface area contributed by atoms with Gasteiger partial charge in [-0.1, -0.05) is 39.7 Å². The molecule has 10 heteroatoms. The van der Waals surface area contributed by atoms with Crippen LogP contribution in [0.4, 0.5) is 9.18 Å². The molecule has 1 saturated carbocycles. The van der Waals surface area contributed by atoms with Gasteiger partial charge in [0.15, 0.2) is 0 Å². The Morgan fingerprint density at radius 3 is 2.53 bits per heavy atom. The van der Waals surface area contributed by atoms with Crippen LogP contribution in [-0.4, -0.2) is 51.3 Å². The van der Waals surface area contributed by atoms with Gasteiger partial charge in [-0.05, 0) is 79.5 Å². The van der Waals surface area contributed by atoms with Crippen LogP contribution in [0.5, 0.6) is 0 Å². The zero-order valence-electron chi connectivity index (χ0n) is 20.6. The molecule has 0 radical (unpaired) electrons. The maximum atomic E-state index is 13.7. The number of nitrogens with one attached hydrogen (secondary N) is 1. The molecule has 0 aromatic heterocycles. The summed E-state index contributed by atoms with van der Waals surface area (Å²) in [5.41, 5.74) is 2.09. The first-order valence-corrected chi connectivity index (χ1v) is 13.3. The third-order valence-electron chi connectivity index (χ3n) is 7.72. The molecule has 1 unspecified atom stereocenters. The number of imide groups is 1. The first-order valence-electron chi connectivity index (χ1n) is 12.6. The molecule has 1 atom stereocenters. The van der Waals surface area contributed by atoms with E-state index in [1.807, 2.05) is 18.2 Å². The fourth-order valence-corrected chi connectivity index (χ4v) is 6.21. The van der Waals surface area contributed by atoms with Gasteiger partial charge in [0, 0.05) is 23.1 Å². The number of carbonyl (C=O) groups excluding carboxylic acids is 3. The molecule has 2 fully saturated rings. The van der Waals surface area contributed by atoms with Crippen molar-refractivity contribution in [3.05, 3.63) is 81.1 Å². The molecule has 2 aromatic rings. The molecule has 1 aliphatic heterocycles. The Balaban J connectivity index is 1.36. The lowest BCUT2D eigenvalue weighted by Crippen LogP contribution is -2.48. The minimum absolute atomic E-state index is 0.188. The Morgan fingerprint density at radius 2 is 1.84 bits per heavy atom. The Kier molecular flexibility index (Phi) is 7.09. The van der Waals surface area contributed by atoms with Gasteiger partial charge < -0.3 is 15.3 Å². The third kappa shape index (κ3) is 4.97. The number of nitrogens with zero attached hydrogens (tertiary/aromatic N) is 2. The summed E-state index contributed by atoms with van der Waals surface area (Å²) in [5.74, 6) is -2.21. The normalized spacial score (nSPS) is 22.4. The highest BCUT2D eigenvalue weighted by Crippen LogP contribution is 2.42. The van der Waals surface area contributed by atoms with Crippen LogP contribution in [-0.2, 0) is 32.9 Å². The van der Waals surface area contributed by atoms with Crippen LogP contribution in [0, 0.1) is 5.82 Å². The van der Waals surface area contributed by atoms with Gasteiger partial charge in [0.05, 0.1) is 0 Å². The second-order valence-electron chi connectivity index (χ2n) is 10.0. The number of aliphatic carboxylic acids is 1. The van der Waals surface area contributed by atoms with Gasteiger partial charge in [0.1, 0.15) is 17.9 Å². The highest BCUT2D eigenvalue weighted by atomic mass is 79.9. The molecule has 4 amide bonds. The second-order valence-corrected chi connectivity index (χ2v) is 11.0. The number of hydrogen-bond acceptors (Lipinski definition) is 4. The lowest BCUT2D eigenvalue weighted by atomic mass is 9.89. The molecule has 1 saturated heterocycles. The van der Waals surface area contributed by atoms with Crippen LogP contribution in [0.25, 0.3) is 0 Å². The van der Waals surface area contributed by atoms with Gasteiger partial charge in [-0.2, -0.15) is 0 Å². The lowest BCUT2D eigenvalue weighted by molar-refractivity contribution is -0.141. The number of carboxylic acids is 1. The van der Waals surface area contributed by atoms with Crippen molar-refractivity contribution in [2.75, 3.05) is 6.54 Å². The van der Waals surface area contributed by atoms with Gasteiger partial charge >= 0.3 is 12.0 Å². The van der Waals surface area contributed by atoms with Gasteiger partial charge in [-0.25, -0.2) is 14.0 Å². The first-order chi connectivity index (χ1) is 18.2. The minimum Gasteiger partial charge on any atom is -0.478 e. The highest BCUT2D eigenvalue weighted by Gasteiger charge is 2.55. The summed E-state index contributed by atoms with van der Waals surface area (Å²) < 4.78 is 14.4. The summed E-state index contributed by atoms with van der Waals surface area (Å²) in [4.78, 5) is 54.0. The summed E-state index contributed by atoms with van der Waals surface area (Å²) in [5, 5.41) is 11.9. The lowest BCUT2D eigenvalue weighted by Gasteiger charge is -2.36. The van der Waals surface area contributed by atoms with E-state index in [0.29, 0.717) is 38.5 Å². The monoisotopic (exact) mass is 583 g/mol. The molecule has 0 bridgehead atoms. The number of rotatable bonds is 6. The number of carboxylic acid groups (broad SMARTS) is 1. The van der Waals surface area contributed by atoms with Crippen molar-refractivity contribution >= 4 is 39.7 Å². The van der Waals surface area contributed by atoms with E-state index in [2.05, 4.69) is 21.2 Å². The van der Waals surface area contributed by atoms with Crippen molar-refractivity contribution in [3.8, 4) is 0 Å². The predicted octanol–water partition coefficient (Wildman–Crippen LogP) is 4.26. The SMILES string of the molecule is O=C(O)C=C1CCC(N(Cc2ccc(F)cc2)C(=O)CN2C(=O)NC3(CCc4cc(Br)ccc43)C2=O)CC1. The van der Waals surface area contributed by atoms with Crippen molar-refractivity contribution in [3.63, 3.8) is 0 Å². The quantitative estimate of drug-likeness (QED) is 0.390. The molecule has 1 spiro atoms. The summed E-state index contributed by atoms with van der Waals surface area (Å²) in [7, 11) is 0. The van der Waals surface area contributed by atoms with Gasteiger partial charge in [0.25, 0.3) is 5.91 Å². The summed E-state index contributed by atoms with van der Waals surface area (Å²) in [6.07, 6.45) is 4.44. The molecule has 198 valence electrons.